The van der Waals surface area contributed by atoms with Gasteiger partial charge in [-0.1, -0.05) is 27.7 Å². The molecule has 1 atom stereocenters. The molecule has 0 fully saturated rings. The topological polar surface area (TPSA) is 21.3 Å². The van der Waals surface area contributed by atoms with E-state index in [0.717, 1.165) is 32.6 Å². The van der Waals surface area contributed by atoms with Crippen LogP contribution in [0, 0.1) is 5.41 Å². The van der Waals surface area contributed by atoms with Crippen molar-refractivity contribution < 1.29 is 4.74 Å². The van der Waals surface area contributed by atoms with E-state index < -0.39 is 0 Å². The van der Waals surface area contributed by atoms with Crippen LogP contribution in [0.15, 0.2) is 0 Å². The average Bonchev–Trinajstić information content (AvgIpc) is 2.14. The molecular formula is C12H26ClNO. The third kappa shape index (κ3) is 8.06. The van der Waals surface area contributed by atoms with E-state index in [1.807, 2.05) is 0 Å². The van der Waals surface area contributed by atoms with Crippen molar-refractivity contribution in [1.29, 1.82) is 0 Å². The molecular weight excluding hydrogens is 210 g/mol. The Balaban J connectivity index is 3.67. The molecule has 0 rings (SSSR count). The lowest BCUT2D eigenvalue weighted by Gasteiger charge is -2.31. The second-order valence-corrected chi connectivity index (χ2v) is 5.34. The average molecular weight is 236 g/mol. The smallest absolute Gasteiger partial charge is 0.0591 e. The van der Waals surface area contributed by atoms with Crippen molar-refractivity contribution >= 4 is 11.6 Å². The van der Waals surface area contributed by atoms with E-state index in [1.165, 1.54) is 0 Å². The molecule has 1 unspecified atom stereocenters. The highest BCUT2D eigenvalue weighted by atomic mass is 35.5. The highest BCUT2D eigenvalue weighted by Gasteiger charge is 2.22. The molecule has 2 nitrogen and oxygen atoms in total. The number of alkyl halides is 1. The first-order valence-electron chi connectivity index (χ1n) is 5.89. The van der Waals surface area contributed by atoms with Crippen LogP contribution in [-0.4, -0.2) is 31.7 Å². The third-order valence-electron chi connectivity index (χ3n) is 2.43. The Kier molecular flexibility index (Phi) is 8.49. The number of rotatable bonds is 8. The second-order valence-electron chi connectivity index (χ2n) is 4.96. The van der Waals surface area contributed by atoms with Gasteiger partial charge in [0, 0.05) is 25.1 Å². The van der Waals surface area contributed by atoms with Gasteiger partial charge in [-0.2, -0.15) is 0 Å². The Hall–Kier alpha value is 0.210. The van der Waals surface area contributed by atoms with Gasteiger partial charge in [-0.05, 0) is 18.3 Å². The van der Waals surface area contributed by atoms with E-state index in [4.69, 9.17) is 16.3 Å². The fourth-order valence-electron chi connectivity index (χ4n) is 1.50. The first-order valence-corrected chi connectivity index (χ1v) is 6.43. The Morgan fingerprint density at radius 3 is 2.40 bits per heavy atom. The minimum Gasteiger partial charge on any atom is -0.380 e. The van der Waals surface area contributed by atoms with Gasteiger partial charge in [-0.15, -0.1) is 11.6 Å². The van der Waals surface area contributed by atoms with Gasteiger partial charge in [0.25, 0.3) is 0 Å². The molecule has 0 saturated heterocycles. The zero-order valence-corrected chi connectivity index (χ0v) is 11.4. The van der Waals surface area contributed by atoms with Gasteiger partial charge >= 0.3 is 0 Å². The Morgan fingerprint density at radius 2 is 1.93 bits per heavy atom. The van der Waals surface area contributed by atoms with Gasteiger partial charge < -0.3 is 10.1 Å². The molecule has 0 spiro atoms. The van der Waals surface area contributed by atoms with Crippen LogP contribution in [0.3, 0.4) is 0 Å². The second kappa shape index (κ2) is 8.37. The Bertz CT molecular complexity index is 145. The van der Waals surface area contributed by atoms with Crippen LogP contribution < -0.4 is 5.32 Å². The van der Waals surface area contributed by atoms with Crippen molar-refractivity contribution in [2.75, 3.05) is 25.6 Å². The van der Waals surface area contributed by atoms with Crippen molar-refractivity contribution in [3.05, 3.63) is 0 Å². The van der Waals surface area contributed by atoms with Crippen LogP contribution in [0.2, 0.25) is 0 Å². The molecule has 0 aromatic heterocycles. The predicted molar refractivity (Wildman–Crippen MR) is 67.7 cm³/mol. The maximum Gasteiger partial charge on any atom is 0.0591 e. The van der Waals surface area contributed by atoms with Crippen LogP contribution in [0.4, 0.5) is 0 Å². The summed E-state index contributed by atoms with van der Waals surface area (Å²) in [5.74, 6) is 0.713. The first kappa shape index (κ1) is 15.2. The van der Waals surface area contributed by atoms with Crippen LogP contribution in [-0.2, 0) is 4.74 Å². The molecule has 1 N–H and O–H groups in total. The monoisotopic (exact) mass is 235 g/mol. The predicted octanol–water partition coefficient (Wildman–Crippen LogP) is 3.05. The van der Waals surface area contributed by atoms with Crippen molar-refractivity contribution in [3.63, 3.8) is 0 Å². The van der Waals surface area contributed by atoms with Gasteiger partial charge in [0.05, 0.1) is 6.61 Å². The van der Waals surface area contributed by atoms with Gasteiger partial charge in [-0.25, -0.2) is 0 Å². The maximum atomic E-state index is 5.79. The molecule has 0 bridgehead atoms. The molecule has 0 radical (unpaired) electrons. The lowest BCUT2D eigenvalue weighted by Crippen LogP contribution is -2.42. The van der Waals surface area contributed by atoms with E-state index in [0.29, 0.717) is 11.9 Å². The SMILES string of the molecule is CCCOCCNC(CCCl)C(C)(C)C. The molecule has 0 saturated carbocycles. The molecule has 0 heterocycles. The van der Waals surface area contributed by atoms with E-state index in [2.05, 4.69) is 33.0 Å². The van der Waals surface area contributed by atoms with Crippen LogP contribution in [0.5, 0.6) is 0 Å². The van der Waals surface area contributed by atoms with Crippen molar-refractivity contribution in [1.82, 2.24) is 5.32 Å². The zero-order chi connectivity index (χ0) is 11.7. The highest BCUT2D eigenvalue weighted by molar-refractivity contribution is 6.17. The molecule has 0 amide bonds. The summed E-state index contributed by atoms with van der Waals surface area (Å²) in [5.41, 5.74) is 0.264. The molecule has 0 aliphatic carbocycles. The van der Waals surface area contributed by atoms with Crippen LogP contribution in [0.1, 0.15) is 40.5 Å². The largest absolute Gasteiger partial charge is 0.380 e. The normalized spacial score (nSPS) is 14.2. The Labute approximate surface area is 99.7 Å². The summed E-state index contributed by atoms with van der Waals surface area (Å²) >= 11 is 5.79. The molecule has 0 aliphatic rings. The third-order valence-corrected chi connectivity index (χ3v) is 2.65. The van der Waals surface area contributed by atoms with E-state index in [1.54, 1.807) is 0 Å². The summed E-state index contributed by atoms with van der Waals surface area (Å²) in [6, 6.07) is 0.472. The summed E-state index contributed by atoms with van der Waals surface area (Å²) in [6.45, 7) is 11.4. The fraction of sp³-hybridized carbons (Fsp3) is 1.00. The molecule has 0 aliphatic heterocycles. The van der Waals surface area contributed by atoms with E-state index in [-0.39, 0.29) is 5.41 Å². The minimum absolute atomic E-state index is 0.264. The number of nitrogens with one attached hydrogen (secondary N) is 1. The van der Waals surface area contributed by atoms with Gasteiger partial charge in [-0.3, -0.25) is 0 Å². The lowest BCUT2D eigenvalue weighted by atomic mass is 9.85. The molecule has 92 valence electrons. The summed E-state index contributed by atoms with van der Waals surface area (Å²) in [6.07, 6.45) is 2.10. The molecule has 15 heavy (non-hydrogen) atoms. The van der Waals surface area contributed by atoms with Crippen molar-refractivity contribution in [2.45, 2.75) is 46.6 Å². The Morgan fingerprint density at radius 1 is 1.27 bits per heavy atom. The summed E-state index contributed by atoms with van der Waals surface area (Å²) in [7, 11) is 0. The fourth-order valence-corrected chi connectivity index (χ4v) is 1.72. The molecule has 0 aromatic rings. The van der Waals surface area contributed by atoms with E-state index >= 15 is 0 Å². The maximum absolute atomic E-state index is 5.79. The molecule has 3 heteroatoms. The van der Waals surface area contributed by atoms with Crippen molar-refractivity contribution in [3.8, 4) is 0 Å². The van der Waals surface area contributed by atoms with Gasteiger partial charge in [0.1, 0.15) is 0 Å². The lowest BCUT2D eigenvalue weighted by molar-refractivity contribution is 0.128. The molecule has 0 aromatic carbocycles. The number of hydrogen-bond acceptors (Lipinski definition) is 2. The number of hydrogen-bond donors (Lipinski definition) is 1. The zero-order valence-electron chi connectivity index (χ0n) is 10.6. The number of halogens is 1. The summed E-state index contributed by atoms with van der Waals surface area (Å²) in [4.78, 5) is 0. The van der Waals surface area contributed by atoms with Gasteiger partial charge in [0.15, 0.2) is 0 Å². The minimum atomic E-state index is 0.264. The standard InChI is InChI=1S/C12H26ClNO/c1-5-9-15-10-8-14-11(6-7-13)12(2,3)4/h11,14H,5-10H2,1-4H3. The van der Waals surface area contributed by atoms with Crippen LogP contribution >= 0.6 is 11.6 Å². The highest BCUT2D eigenvalue weighted by Crippen LogP contribution is 2.21. The van der Waals surface area contributed by atoms with Gasteiger partial charge in [0.2, 0.25) is 0 Å². The summed E-state index contributed by atoms with van der Waals surface area (Å²) in [5, 5.41) is 3.51. The number of ether oxygens (including phenoxy) is 1. The quantitative estimate of drug-likeness (QED) is 0.516. The van der Waals surface area contributed by atoms with Crippen LogP contribution in [0.25, 0.3) is 0 Å². The van der Waals surface area contributed by atoms with Crippen molar-refractivity contribution in [2.24, 2.45) is 5.41 Å². The summed E-state index contributed by atoms with van der Waals surface area (Å²) < 4.78 is 5.43. The van der Waals surface area contributed by atoms with E-state index in [9.17, 15) is 0 Å². The first-order chi connectivity index (χ1) is 7.02.